The summed E-state index contributed by atoms with van der Waals surface area (Å²) in [7, 11) is 0. The highest BCUT2D eigenvalue weighted by Gasteiger charge is 2.09. The van der Waals surface area contributed by atoms with Crippen LogP contribution in [0.15, 0.2) is 91.1 Å². The summed E-state index contributed by atoms with van der Waals surface area (Å²) in [6.07, 6.45) is 1.83. The second-order valence-electron chi connectivity index (χ2n) is 5.94. The van der Waals surface area contributed by atoms with E-state index in [0.29, 0.717) is 16.5 Å². The maximum Gasteiger partial charge on any atom is 0.160 e. The number of hydrogen-bond acceptors (Lipinski definition) is 2. The van der Waals surface area contributed by atoms with Gasteiger partial charge in [0.25, 0.3) is 0 Å². The third kappa shape index (κ3) is 4.06. The van der Waals surface area contributed by atoms with Crippen LogP contribution in [-0.2, 0) is 0 Å². The van der Waals surface area contributed by atoms with Crippen molar-refractivity contribution in [2.45, 2.75) is 0 Å². The van der Waals surface area contributed by atoms with Crippen LogP contribution in [0.3, 0.4) is 0 Å². The Morgan fingerprint density at radius 3 is 2.04 bits per heavy atom. The topological polar surface area (TPSA) is 25.8 Å². The molecule has 2 nitrogen and oxygen atoms in total. The van der Waals surface area contributed by atoms with E-state index in [9.17, 15) is 0 Å². The average Bonchev–Trinajstić information content (AvgIpc) is 2.74. The summed E-state index contributed by atoms with van der Waals surface area (Å²) in [6, 6.07) is 27.4. The van der Waals surface area contributed by atoms with Crippen molar-refractivity contribution in [2.75, 3.05) is 0 Å². The second kappa shape index (κ2) is 7.86. The Morgan fingerprint density at radius 1 is 0.667 bits per heavy atom. The SMILES string of the molecule is Clc1ccc(-c2cnc(-c3ccccc3)nc2C#Cc2ccccc2)cc1. The number of benzene rings is 3. The lowest BCUT2D eigenvalue weighted by molar-refractivity contribution is 1.16. The van der Waals surface area contributed by atoms with Gasteiger partial charge in [-0.15, -0.1) is 0 Å². The fourth-order valence-corrected chi connectivity index (χ4v) is 2.82. The highest BCUT2D eigenvalue weighted by molar-refractivity contribution is 6.30. The van der Waals surface area contributed by atoms with E-state index in [2.05, 4.69) is 16.8 Å². The first-order valence-corrected chi connectivity index (χ1v) is 8.93. The number of halogens is 1. The van der Waals surface area contributed by atoms with Crippen molar-refractivity contribution in [3.05, 3.63) is 107 Å². The Labute approximate surface area is 163 Å². The van der Waals surface area contributed by atoms with Crippen LogP contribution in [0.2, 0.25) is 5.02 Å². The molecule has 4 rings (SSSR count). The van der Waals surface area contributed by atoms with E-state index in [1.54, 1.807) is 0 Å². The van der Waals surface area contributed by atoms with Gasteiger partial charge in [0, 0.05) is 27.9 Å². The lowest BCUT2D eigenvalue weighted by Gasteiger charge is -2.07. The number of rotatable bonds is 2. The van der Waals surface area contributed by atoms with Crippen LogP contribution in [0.25, 0.3) is 22.5 Å². The Bertz CT molecular complexity index is 1110. The van der Waals surface area contributed by atoms with Crippen LogP contribution in [0.4, 0.5) is 0 Å². The van der Waals surface area contributed by atoms with E-state index in [4.69, 9.17) is 16.6 Å². The van der Waals surface area contributed by atoms with Crippen LogP contribution in [0, 0.1) is 11.8 Å². The molecule has 0 amide bonds. The summed E-state index contributed by atoms with van der Waals surface area (Å²) in [4.78, 5) is 9.29. The molecule has 0 spiro atoms. The quantitative estimate of drug-likeness (QED) is 0.415. The Hall–Kier alpha value is -3.41. The van der Waals surface area contributed by atoms with Gasteiger partial charge < -0.3 is 0 Å². The van der Waals surface area contributed by atoms with Gasteiger partial charge in [-0.3, -0.25) is 0 Å². The zero-order valence-corrected chi connectivity index (χ0v) is 15.2. The van der Waals surface area contributed by atoms with E-state index in [0.717, 1.165) is 22.3 Å². The first kappa shape index (κ1) is 17.0. The predicted octanol–water partition coefficient (Wildman–Crippen LogP) is 5.86. The zero-order valence-electron chi connectivity index (χ0n) is 14.4. The van der Waals surface area contributed by atoms with Crippen LogP contribution >= 0.6 is 11.6 Å². The summed E-state index contributed by atoms with van der Waals surface area (Å²) >= 11 is 6.03. The molecule has 0 radical (unpaired) electrons. The molecule has 27 heavy (non-hydrogen) atoms. The molecule has 3 aromatic carbocycles. The van der Waals surface area contributed by atoms with E-state index in [-0.39, 0.29) is 0 Å². The summed E-state index contributed by atoms with van der Waals surface area (Å²) in [5.74, 6) is 7.07. The standard InChI is InChI=1S/C24H15ClN2/c25-21-14-12-19(13-15-21)22-17-26-24(20-9-5-2-6-10-20)27-23(22)16-11-18-7-3-1-4-8-18/h1-10,12-15,17H. The van der Waals surface area contributed by atoms with Crippen LogP contribution in [0.5, 0.6) is 0 Å². The molecule has 0 atom stereocenters. The maximum absolute atomic E-state index is 6.03. The normalized spacial score (nSPS) is 10.1. The van der Waals surface area contributed by atoms with Gasteiger partial charge in [-0.2, -0.15) is 0 Å². The van der Waals surface area contributed by atoms with Crippen LogP contribution in [0.1, 0.15) is 11.3 Å². The molecule has 1 aromatic heterocycles. The lowest BCUT2D eigenvalue weighted by Crippen LogP contribution is -1.96. The van der Waals surface area contributed by atoms with E-state index < -0.39 is 0 Å². The maximum atomic E-state index is 6.03. The molecule has 128 valence electrons. The number of hydrogen-bond donors (Lipinski definition) is 0. The van der Waals surface area contributed by atoms with Gasteiger partial charge in [0.2, 0.25) is 0 Å². The summed E-state index contributed by atoms with van der Waals surface area (Å²) in [6.45, 7) is 0. The zero-order chi connectivity index (χ0) is 18.5. The number of aromatic nitrogens is 2. The third-order valence-electron chi connectivity index (χ3n) is 4.08. The van der Waals surface area contributed by atoms with Crippen molar-refractivity contribution in [3.63, 3.8) is 0 Å². The van der Waals surface area contributed by atoms with Crippen LogP contribution in [-0.4, -0.2) is 9.97 Å². The van der Waals surface area contributed by atoms with Crippen molar-refractivity contribution in [1.29, 1.82) is 0 Å². The molecule has 0 aliphatic rings. The first-order valence-electron chi connectivity index (χ1n) is 8.55. The van der Waals surface area contributed by atoms with Gasteiger partial charge in [-0.1, -0.05) is 78.2 Å². The molecule has 0 aliphatic heterocycles. The monoisotopic (exact) mass is 366 g/mol. The molecular formula is C24H15ClN2. The molecule has 0 N–H and O–H groups in total. The minimum absolute atomic E-state index is 0.658. The van der Waals surface area contributed by atoms with Gasteiger partial charge in [-0.05, 0) is 35.7 Å². The van der Waals surface area contributed by atoms with Crippen molar-refractivity contribution < 1.29 is 0 Å². The van der Waals surface area contributed by atoms with Gasteiger partial charge >= 0.3 is 0 Å². The van der Waals surface area contributed by atoms with E-state index >= 15 is 0 Å². The summed E-state index contributed by atoms with van der Waals surface area (Å²) in [5, 5.41) is 0.692. The van der Waals surface area contributed by atoms with Gasteiger partial charge in [-0.25, -0.2) is 9.97 Å². The highest BCUT2D eigenvalue weighted by atomic mass is 35.5. The van der Waals surface area contributed by atoms with Crippen LogP contribution < -0.4 is 0 Å². The molecule has 0 bridgehead atoms. The molecule has 0 aliphatic carbocycles. The average molecular weight is 367 g/mol. The second-order valence-corrected chi connectivity index (χ2v) is 6.38. The molecule has 1 heterocycles. The highest BCUT2D eigenvalue weighted by Crippen LogP contribution is 2.25. The lowest BCUT2D eigenvalue weighted by atomic mass is 10.0. The minimum Gasteiger partial charge on any atom is -0.236 e. The Morgan fingerprint density at radius 2 is 1.33 bits per heavy atom. The van der Waals surface area contributed by atoms with Gasteiger partial charge in [0.05, 0.1) is 0 Å². The fraction of sp³-hybridized carbons (Fsp3) is 0. The minimum atomic E-state index is 0.658. The van der Waals surface area contributed by atoms with Gasteiger partial charge in [0.15, 0.2) is 5.82 Å². The molecule has 0 saturated heterocycles. The van der Waals surface area contributed by atoms with Crippen molar-refractivity contribution in [2.24, 2.45) is 0 Å². The van der Waals surface area contributed by atoms with E-state index in [1.165, 1.54) is 0 Å². The summed E-state index contributed by atoms with van der Waals surface area (Å²) < 4.78 is 0. The van der Waals surface area contributed by atoms with Crippen molar-refractivity contribution >= 4 is 11.6 Å². The molecule has 3 heteroatoms. The largest absolute Gasteiger partial charge is 0.236 e. The van der Waals surface area contributed by atoms with E-state index in [1.807, 2.05) is 91.1 Å². The predicted molar refractivity (Wildman–Crippen MR) is 110 cm³/mol. The van der Waals surface area contributed by atoms with Crippen molar-refractivity contribution in [3.8, 4) is 34.4 Å². The molecule has 0 fully saturated rings. The Kier molecular flexibility index (Phi) is 4.96. The molecule has 0 unspecified atom stereocenters. The molecular weight excluding hydrogens is 352 g/mol. The number of nitrogens with zero attached hydrogens (tertiary/aromatic N) is 2. The van der Waals surface area contributed by atoms with Crippen molar-refractivity contribution in [1.82, 2.24) is 9.97 Å². The summed E-state index contributed by atoms with van der Waals surface area (Å²) in [5.41, 5.74) is 4.46. The first-order chi connectivity index (χ1) is 13.3. The molecule has 4 aromatic rings. The fourth-order valence-electron chi connectivity index (χ4n) is 2.70. The Balaban J connectivity index is 1.83. The van der Waals surface area contributed by atoms with Gasteiger partial charge in [0.1, 0.15) is 5.69 Å². The third-order valence-corrected chi connectivity index (χ3v) is 4.33. The smallest absolute Gasteiger partial charge is 0.160 e. The molecule has 0 saturated carbocycles.